The molecule has 1 amide bonds. The summed E-state index contributed by atoms with van der Waals surface area (Å²) in [5, 5.41) is 6.91. The number of aromatic nitrogens is 2. The van der Waals surface area contributed by atoms with Gasteiger partial charge in [-0.15, -0.1) is 0 Å². The van der Waals surface area contributed by atoms with Crippen LogP contribution in [-0.2, 0) is 4.79 Å². The van der Waals surface area contributed by atoms with E-state index in [1.54, 1.807) is 29.1 Å². The molecule has 0 aliphatic heterocycles. The normalized spacial score (nSPS) is 12.4. The second-order valence-corrected chi connectivity index (χ2v) is 5.50. The van der Waals surface area contributed by atoms with E-state index in [0.29, 0.717) is 11.4 Å². The van der Waals surface area contributed by atoms with E-state index in [9.17, 15) is 13.6 Å². The number of hydrogen-bond donors (Lipinski definition) is 1. The molecule has 1 aromatic carbocycles. The molecule has 0 fully saturated rings. The lowest BCUT2D eigenvalue weighted by Crippen LogP contribution is -2.15. The second-order valence-electron chi connectivity index (χ2n) is 5.50. The van der Waals surface area contributed by atoms with Crippen LogP contribution in [0.4, 0.5) is 14.6 Å². The Morgan fingerprint density at radius 1 is 1.38 bits per heavy atom. The van der Waals surface area contributed by atoms with Gasteiger partial charge in [-0.1, -0.05) is 19.1 Å². The average molecular weight is 365 g/mol. The fourth-order valence-corrected chi connectivity index (χ4v) is 2.31. The van der Waals surface area contributed by atoms with Crippen molar-refractivity contribution >= 4 is 17.8 Å². The predicted octanol–water partition coefficient (Wildman–Crippen LogP) is 4.12. The highest BCUT2D eigenvalue weighted by Crippen LogP contribution is 2.33. The quantitative estimate of drug-likeness (QED) is 0.715. The summed E-state index contributed by atoms with van der Waals surface area (Å²) in [6.45, 7) is 1.01. The smallest absolute Gasteiger partial charge is 0.387 e. The zero-order valence-electron chi connectivity index (χ0n) is 14.8. The Kier molecular flexibility index (Phi) is 6.71. The Morgan fingerprint density at radius 2 is 2.15 bits per heavy atom. The summed E-state index contributed by atoms with van der Waals surface area (Å²) in [5.74, 6) is 0.172. The van der Waals surface area contributed by atoms with Gasteiger partial charge in [-0.3, -0.25) is 4.79 Å². The number of carbonyl (C=O) groups excluding carboxylic acids is 1. The number of hydrogen-bond acceptors (Lipinski definition) is 4. The van der Waals surface area contributed by atoms with E-state index in [1.165, 1.54) is 25.3 Å². The molecule has 0 aliphatic carbocycles. The van der Waals surface area contributed by atoms with Crippen LogP contribution in [0.15, 0.2) is 36.5 Å². The average Bonchev–Trinajstić information content (AvgIpc) is 3.07. The molecule has 2 aromatic rings. The molecular formula is C18H21F2N3O3. The number of rotatable bonds is 8. The molecule has 0 aliphatic rings. The molecular weight excluding hydrogens is 344 g/mol. The van der Waals surface area contributed by atoms with Crippen molar-refractivity contribution in [3.8, 4) is 11.5 Å². The van der Waals surface area contributed by atoms with E-state index in [0.717, 1.165) is 6.42 Å². The molecule has 0 saturated carbocycles. The van der Waals surface area contributed by atoms with Crippen LogP contribution in [0.25, 0.3) is 6.08 Å². The lowest BCUT2D eigenvalue weighted by atomic mass is 10.1. The summed E-state index contributed by atoms with van der Waals surface area (Å²) >= 11 is 0. The number of benzene rings is 1. The topological polar surface area (TPSA) is 65.4 Å². The molecule has 0 bridgehead atoms. The monoisotopic (exact) mass is 365 g/mol. The molecule has 26 heavy (non-hydrogen) atoms. The van der Waals surface area contributed by atoms with Crippen molar-refractivity contribution < 1.29 is 23.0 Å². The van der Waals surface area contributed by atoms with Crippen LogP contribution in [0.3, 0.4) is 0 Å². The highest BCUT2D eigenvalue weighted by molar-refractivity contribution is 6.01. The zero-order valence-corrected chi connectivity index (χ0v) is 14.8. The minimum absolute atomic E-state index is 0.126. The standard InChI is InChI=1S/C18H21F2N3O3/c1-4-12(2)23-15(10-11-21-23)22-16(24)9-8-13-6-5-7-14(25-3)17(13)26-18(19)20/h5-12,18H,4H2,1-3H3,(H,22,24)/b9-8+. The summed E-state index contributed by atoms with van der Waals surface area (Å²) in [7, 11) is 1.35. The van der Waals surface area contributed by atoms with Gasteiger partial charge in [0.25, 0.3) is 0 Å². The Balaban J connectivity index is 2.17. The second kappa shape index (κ2) is 8.98. The van der Waals surface area contributed by atoms with Gasteiger partial charge in [0.2, 0.25) is 5.91 Å². The summed E-state index contributed by atoms with van der Waals surface area (Å²) in [4.78, 5) is 12.2. The molecule has 0 saturated heterocycles. The van der Waals surface area contributed by atoms with Gasteiger partial charge in [0.1, 0.15) is 5.82 Å². The third-order valence-electron chi connectivity index (χ3n) is 3.78. The number of methoxy groups -OCH3 is 1. The van der Waals surface area contributed by atoms with Gasteiger partial charge in [0.15, 0.2) is 11.5 Å². The fraction of sp³-hybridized carbons (Fsp3) is 0.333. The highest BCUT2D eigenvalue weighted by atomic mass is 19.3. The van der Waals surface area contributed by atoms with Crippen LogP contribution in [0.5, 0.6) is 11.5 Å². The molecule has 1 atom stereocenters. The van der Waals surface area contributed by atoms with E-state index < -0.39 is 12.5 Å². The molecule has 140 valence electrons. The first-order chi connectivity index (χ1) is 12.5. The van der Waals surface area contributed by atoms with E-state index in [1.807, 2.05) is 13.8 Å². The Labute approximate surface area is 150 Å². The third-order valence-corrected chi connectivity index (χ3v) is 3.78. The van der Waals surface area contributed by atoms with Crippen LogP contribution in [0, 0.1) is 0 Å². The first-order valence-electron chi connectivity index (χ1n) is 8.10. The van der Waals surface area contributed by atoms with Crippen LogP contribution < -0.4 is 14.8 Å². The van der Waals surface area contributed by atoms with Gasteiger partial charge < -0.3 is 14.8 Å². The van der Waals surface area contributed by atoms with E-state index in [-0.39, 0.29) is 17.5 Å². The molecule has 0 radical (unpaired) electrons. The first kappa shape index (κ1) is 19.4. The van der Waals surface area contributed by atoms with Crippen molar-refractivity contribution in [2.45, 2.75) is 32.9 Å². The van der Waals surface area contributed by atoms with Gasteiger partial charge in [-0.25, -0.2) is 4.68 Å². The maximum Gasteiger partial charge on any atom is 0.387 e. The molecule has 1 aromatic heterocycles. The summed E-state index contributed by atoms with van der Waals surface area (Å²) in [5.41, 5.74) is 0.301. The molecule has 1 N–H and O–H groups in total. The van der Waals surface area contributed by atoms with Crippen molar-refractivity contribution in [3.63, 3.8) is 0 Å². The van der Waals surface area contributed by atoms with E-state index >= 15 is 0 Å². The number of nitrogens with one attached hydrogen (secondary N) is 1. The number of para-hydroxylation sites is 1. The lowest BCUT2D eigenvalue weighted by Gasteiger charge is -2.13. The van der Waals surface area contributed by atoms with Gasteiger partial charge in [-0.2, -0.15) is 13.9 Å². The summed E-state index contributed by atoms with van der Waals surface area (Å²) < 4.78 is 36.5. The number of carbonyl (C=O) groups is 1. The molecule has 1 unspecified atom stereocenters. The Bertz CT molecular complexity index is 775. The minimum Gasteiger partial charge on any atom is -0.493 e. The minimum atomic E-state index is -3.00. The van der Waals surface area contributed by atoms with Crippen molar-refractivity contribution in [2.24, 2.45) is 0 Å². The zero-order chi connectivity index (χ0) is 19.1. The number of amides is 1. The highest BCUT2D eigenvalue weighted by Gasteiger charge is 2.14. The van der Waals surface area contributed by atoms with Crippen LogP contribution in [0.2, 0.25) is 0 Å². The first-order valence-corrected chi connectivity index (χ1v) is 8.10. The van der Waals surface area contributed by atoms with Crippen LogP contribution in [0.1, 0.15) is 31.9 Å². The van der Waals surface area contributed by atoms with Crippen molar-refractivity contribution in [2.75, 3.05) is 12.4 Å². The van der Waals surface area contributed by atoms with Crippen molar-refractivity contribution in [1.29, 1.82) is 0 Å². The van der Waals surface area contributed by atoms with Gasteiger partial charge in [0, 0.05) is 17.7 Å². The van der Waals surface area contributed by atoms with Crippen molar-refractivity contribution in [3.05, 3.63) is 42.1 Å². The maximum atomic E-state index is 12.6. The molecule has 1 heterocycles. The van der Waals surface area contributed by atoms with Gasteiger partial charge in [0.05, 0.1) is 19.3 Å². The number of halogens is 2. The summed E-state index contributed by atoms with van der Waals surface area (Å²) in [6, 6.07) is 6.49. The molecule has 6 nitrogen and oxygen atoms in total. The third kappa shape index (κ3) is 4.81. The SMILES string of the molecule is CCC(C)n1nccc1NC(=O)/C=C/c1cccc(OC)c1OC(F)F. The number of ether oxygens (including phenoxy) is 2. The lowest BCUT2D eigenvalue weighted by molar-refractivity contribution is -0.111. The van der Waals surface area contributed by atoms with Gasteiger partial charge in [-0.05, 0) is 25.5 Å². The molecule has 0 spiro atoms. The van der Waals surface area contributed by atoms with Crippen LogP contribution >= 0.6 is 0 Å². The fourth-order valence-electron chi connectivity index (χ4n) is 2.31. The maximum absolute atomic E-state index is 12.6. The summed E-state index contributed by atoms with van der Waals surface area (Å²) in [6.07, 6.45) is 5.08. The van der Waals surface area contributed by atoms with E-state index in [4.69, 9.17) is 4.74 Å². The molecule has 8 heteroatoms. The molecule has 2 rings (SSSR count). The number of anilines is 1. The van der Waals surface area contributed by atoms with Crippen LogP contribution in [-0.4, -0.2) is 29.4 Å². The Hall–Kier alpha value is -2.90. The Morgan fingerprint density at radius 3 is 2.81 bits per heavy atom. The van der Waals surface area contributed by atoms with Gasteiger partial charge >= 0.3 is 6.61 Å². The van der Waals surface area contributed by atoms with E-state index in [2.05, 4.69) is 15.2 Å². The number of alkyl halides is 2. The van der Waals surface area contributed by atoms with Crippen molar-refractivity contribution in [1.82, 2.24) is 9.78 Å². The predicted molar refractivity (Wildman–Crippen MR) is 94.5 cm³/mol. The number of nitrogens with zero attached hydrogens (tertiary/aromatic N) is 2. The largest absolute Gasteiger partial charge is 0.493 e.